The summed E-state index contributed by atoms with van der Waals surface area (Å²) in [6.45, 7) is 0. The van der Waals surface area contributed by atoms with E-state index in [1.54, 1.807) is 30.7 Å². The Morgan fingerprint density at radius 3 is 2.82 bits per heavy atom. The fourth-order valence-electron chi connectivity index (χ4n) is 1.42. The van der Waals surface area contributed by atoms with Crippen LogP contribution in [0.2, 0.25) is 0 Å². The number of ketones is 1. The summed E-state index contributed by atoms with van der Waals surface area (Å²) >= 11 is 0. The van der Waals surface area contributed by atoms with E-state index in [4.69, 9.17) is 0 Å². The number of hydrogen-bond donors (Lipinski definition) is 0. The summed E-state index contributed by atoms with van der Waals surface area (Å²) < 4.78 is 0. The van der Waals surface area contributed by atoms with Gasteiger partial charge in [0, 0.05) is 25.0 Å². The standard InChI is InChI=1S/C14H12N2O/c17-14(10-12-4-3-8-15-11-12)7-6-13-5-1-2-9-16-13/h1-9,11H,10H2. The molecular formula is C14H12N2O. The van der Waals surface area contributed by atoms with E-state index < -0.39 is 0 Å². The first kappa shape index (κ1) is 11.2. The van der Waals surface area contributed by atoms with Crippen LogP contribution in [-0.4, -0.2) is 15.8 Å². The van der Waals surface area contributed by atoms with Crippen molar-refractivity contribution in [1.29, 1.82) is 0 Å². The second kappa shape index (κ2) is 5.70. The second-order valence-corrected chi connectivity index (χ2v) is 3.59. The third kappa shape index (κ3) is 3.65. The van der Waals surface area contributed by atoms with Crippen LogP contribution in [0.1, 0.15) is 11.3 Å². The van der Waals surface area contributed by atoms with E-state index in [1.807, 2.05) is 30.3 Å². The van der Waals surface area contributed by atoms with Crippen LogP contribution in [0.4, 0.5) is 0 Å². The smallest absolute Gasteiger partial charge is 0.160 e. The van der Waals surface area contributed by atoms with Crippen molar-refractivity contribution in [2.24, 2.45) is 0 Å². The fourth-order valence-corrected chi connectivity index (χ4v) is 1.42. The molecule has 3 heteroatoms. The highest BCUT2D eigenvalue weighted by Gasteiger charge is 1.99. The van der Waals surface area contributed by atoms with Gasteiger partial charge in [-0.1, -0.05) is 12.1 Å². The van der Waals surface area contributed by atoms with Gasteiger partial charge in [-0.15, -0.1) is 0 Å². The van der Waals surface area contributed by atoms with Gasteiger partial charge in [-0.05, 0) is 35.9 Å². The summed E-state index contributed by atoms with van der Waals surface area (Å²) in [5.41, 5.74) is 1.70. The average molecular weight is 224 g/mol. The van der Waals surface area contributed by atoms with Gasteiger partial charge in [-0.3, -0.25) is 14.8 Å². The third-order valence-electron chi connectivity index (χ3n) is 2.23. The minimum absolute atomic E-state index is 0.0450. The maximum absolute atomic E-state index is 11.6. The lowest BCUT2D eigenvalue weighted by molar-refractivity contribution is -0.113. The summed E-state index contributed by atoms with van der Waals surface area (Å²) in [5, 5.41) is 0. The maximum Gasteiger partial charge on any atom is 0.160 e. The molecule has 0 N–H and O–H groups in total. The number of nitrogens with zero attached hydrogens (tertiary/aromatic N) is 2. The van der Waals surface area contributed by atoms with E-state index >= 15 is 0 Å². The van der Waals surface area contributed by atoms with Gasteiger partial charge in [0.1, 0.15) is 0 Å². The monoisotopic (exact) mass is 224 g/mol. The first-order valence-electron chi connectivity index (χ1n) is 5.35. The molecule has 0 aliphatic carbocycles. The highest BCUT2D eigenvalue weighted by atomic mass is 16.1. The van der Waals surface area contributed by atoms with E-state index in [2.05, 4.69) is 9.97 Å². The Hall–Kier alpha value is -2.29. The first-order chi connectivity index (χ1) is 8.34. The first-order valence-corrected chi connectivity index (χ1v) is 5.35. The lowest BCUT2D eigenvalue weighted by atomic mass is 10.1. The Kier molecular flexibility index (Phi) is 3.76. The van der Waals surface area contributed by atoms with Crippen molar-refractivity contribution in [3.8, 4) is 0 Å². The quantitative estimate of drug-likeness (QED) is 0.748. The van der Waals surface area contributed by atoms with Gasteiger partial charge in [0.15, 0.2) is 5.78 Å². The number of hydrogen-bond acceptors (Lipinski definition) is 3. The van der Waals surface area contributed by atoms with Crippen molar-refractivity contribution in [1.82, 2.24) is 9.97 Å². The SMILES string of the molecule is O=C(C=Cc1ccccn1)Cc1cccnc1. The Bertz CT molecular complexity index is 506. The highest BCUT2D eigenvalue weighted by Crippen LogP contribution is 2.01. The van der Waals surface area contributed by atoms with Crippen LogP contribution in [0.3, 0.4) is 0 Å². The van der Waals surface area contributed by atoms with Crippen LogP contribution in [0.15, 0.2) is 55.0 Å². The summed E-state index contributed by atoms with van der Waals surface area (Å²) in [7, 11) is 0. The van der Waals surface area contributed by atoms with Crippen LogP contribution in [0, 0.1) is 0 Å². The van der Waals surface area contributed by atoms with Crippen LogP contribution in [0.5, 0.6) is 0 Å². The number of allylic oxidation sites excluding steroid dienone is 1. The lowest BCUT2D eigenvalue weighted by Gasteiger charge is -1.95. The molecule has 0 spiro atoms. The number of pyridine rings is 2. The zero-order chi connectivity index (χ0) is 11.9. The van der Waals surface area contributed by atoms with E-state index in [-0.39, 0.29) is 5.78 Å². The van der Waals surface area contributed by atoms with Gasteiger partial charge < -0.3 is 0 Å². The predicted molar refractivity (Wildman–Crippen MR) is 66.2 cm³/mol. The molecular weight excluding hydrogens is 212 g/mol. The fraction of sp³-hybridized carbons (Fsp3) is 0.0714. The molecule has 2 aromatic heterocycles. The molecule has 0 bridgehead atoms. The minimum atomic E-state index is 0.0450. The number of rotatable bonds is 4. The largest absolute Gasteiger partial charge is 0.294 e. The van der Waals surface area contributed by atoms with Gasteiger partial charge in [0.2, 0.25) is 0 Å². The summed E-state index contributed by atoms with van der Waals surface area (Å²) in [6, 6.07) is 9.30. The van der Waals surface area contributed by atoms with Gasteiger partial charge in [0.25, 0.3) is 0 Å². The molecule has 0 atom stereocenters. The van der Waals surface area contributed by atoms with E-state index in [1.165, 1.54) is 0 Å². The van der Waals surface area contributed by atoms with Crippen molar-refractivity contribution >= 4 is 11.9 Å². The van der Waals surface area contributed by atoms with E-state index in [9.17, 15) is 4.79 Å². The molecule has 0 amide bonds. The molecule has 0 saturated carbocycles. The molecule has 0 saturated heterocycles. The molecule has 3 nitrogen and oxygen atoms in total. The topological polar surface area (TPSA) is 42.9 Å². The number of aromatic nitrogens is 2. The predicted octanol–water partition coefficient (Wildman–Crippen LogP) is 2.30. The zero-order valence-corrected chi connectivity index (χ0v) is 9.28. The van der Waals surface area contributed by atoms with Crippen LogP contribution in [-0.2, 0) is 11.2 Å². The zero-order valence-electron chi connectivity index (χ0n) is 9.28. The molecule has 2 aromatic rings. The minimum Gasteiger partial charge on any atom is -0.294 e. The Morgan fingerprint density at radius 1 is 1.18 bits per heavy atom. The molecule has 0 aromatic carbocycles. The van der Waals surface area contributed by atoms with Gasteiger partial charge >= 0.3 is 0 Å². The van der Waals surface area contributed by atoms with Crippen molar-refractivity contribution in [3.05, 3.63) is 66.3 Å². The maximum atomic E-state index is 11.6. The summed E-state index contributed by atoms with van der Waals surface area (Å²) in [5.74, 6) is 0.0450. The molecule has 0 unspecified atom stereocenters. The normalized spacial score (nSPS) is 10.6. The van der Waals surface area contributed by atoms with Gasteiger partial charge in [0.05, 0.1) is 5.69 Å². The Labute approximate surface area is 99.9 Å². The highest BCUT2D eigenvalue weighted by molar-refractivity contribution is 5.94. The summed E-state index contributed by atoms with van der Waals surface area (Å²) in [4.78, 5) is 19.7. The van der Waals surface area contributed by atoms with Crippen LogP contribution in [0.25, 0.3) is 6.08 Å². The molecule has 0 fully saturated rings. The molecule has 0 radical (unpaired) electrons. The third-order valence-corrected chi connectivity index (χ3v) is 2.23. The van der Waals surface area contributed by atoms with E-state index in [0.29, 0.717) is 6.42 Å². The number of carbonyl (C=O) groups is 1. The van der Waals surface area contributed by atoms with Crippen molar-refractivity contribution in [3.63, 3.8) is 0 Å². The van der Waals surface area contributed by atoms with Crippen LogP contribution < -0.4 is 0 Å². The Morgan fingerprint density at radius 2 is 2.12 bits per heavy atom. The van der Waals surface area contributed by atoms with Crippen molar-refractivity contribution in [2.75, 3.05) is 0 Å². The van der Waals surface area contributed by atoms with Crippen molar-refractivity contribution < 1.29 is 4.79 Å². The molecule has 2 heterocycles. The van der Waals surface area contributed by atoms with E-state index in [0.717, 1.165) is 11.3 Å². The lowest BCUT2D eigenvalue weighted by Crippen LogP contribution is -1.98. The molecule has 0 aliphatic heterocycles. The van der Waals surface area contributed by atoms with Gasteiger partial charge in [-0.25, -0.2) is 0 Å². The molecule has 0 aliphatic rings. The summed E-state index contributed by atoms with van der Waals surface area (Å²) in [6.07, 6.45) is 8.74. The molecule has 2 rings (SSSR count). The molecule has 17 heavy (non-hydrogen) atoms. The number of carbonyl (C=O) groups excluding carboxylic acids is 1. The van der Waals surface area contributed by atoms with Crippen molar-refractivity contribution in [2.45, 2.75) is 6.42 Å². The average Bonchev–Trinajstić information content (AvgIpc) is 2.39. The van der Waals surface area contributed by atoms with Gasteiger partial charge in [-0.2, -0.15) is 0 Å². The Balaban J connectivity index is 1.96. The molecule has 84 valence electrons. The van der Waals surface area contributed by atoms with Crippen LogP contribution >= 0.6 is 0 Å². The second-order valence-electron chi connectivity index (χ2n) is 3.59.